The minimum absolute atomic E-state index is 0.0785. The highest BCUT2D eigenvalue weighted by Crippen LogP contribution is 2.28. The van der Waals surface area contributed by atoms with Gasteiger partial charge in [0.25, 0.3) is 0 Å². The Bertz CT molecular complexity index is 1070. The van der Waals surface area contributed by atoms with Gasteiger partial charge in [-0.05, 0) is 22.8 Å². The van der Waals surface area contributed by atoms with Gasteiger partial charge >= 0.3 is 0 Å². The topological polar surface area (TPSA) is 101 Å². The van der Waals surface area contributed by atoms with Gasteiger partial charge < -0.3 is 16.4 Å². The molecular weight excluding hydrogens is 421 g/mol. The third-order valence-corrected chi connectivity index (χ3v) is 5.33. The van der Waals surface area contributed by atoms with Crippen molar-refractivity contribution in [1.29, 1.82) is 0 Å². The number of benzene rings is 3. The van der Waals surface area contributed by atoms with Crippen molar-refractivity contribution in [3.8, 4) is 0 Å². The van der Waals surface area contributed by atoms with Gasteiger partial charge in [0.05, 0.1) is 0 Å². The first kappa shape index (κ1) is 23.7. The van der Waals surface area contributed by atoms with Gasteiger partial charge in [0.15, 0.2) is 0 Å². The van der Waals surface area contributed by atoms with Gasteiger partial charge in [-0.15, -0.1) is 0 Å². The number of nitrogens with one attached hydrogen (secondary N) is 2. The van der Waals surface area contributed by atoms with Crippen LogP contribution in [0.2, 0.25) is 0 Å². The molecule has 6 nitrogen and oxygen atoms in total. The van der Waals surface area contributed by atoms with Crippen LogP contribution in [0.15, 0.2) is 84.9 Å². The summed E-state index contributed by atoms with van der Waals surface area (Å²) in [4.78, 5) is 37.5. The van der Waals surface area contributed by atoms with Gasteiger partial charge in [0.1, 0.15) is 17.9 Å². The predicted octanol–water partition coefficient (Wildman–Crippen LogP) is 2.68. The van der Waals surface area contributed by atoms with E-state index in [1.165, 1.54) is 13.0 Å². The van der Waals surface area contributed by atoms with Crippen LogP contribution >= 0.6 is 0 Å². The van der Waals surface area contributed by atoms with E-state index in [-0.39, 0.29) is 12.0 Å². The Morgan fingerprint density at radius 3 is 1.82 bits per heavy atom. The Hall–Kier alpha value is -4.00. The molecule has 0 saturated carbocycles. The van der Waals surface area contributed by atoms with E-state index in [1.54, 1.807) is 18.2 Å². The molecule has 3 rings (SSSR count). The van der Waals surface area contributed by atoms with E-state index in [0.29, 0.717) is 0 Å². The third-order valence-electron chi connectivity index (χ3n) is 5.33. The number of hydrogen-bond acceptors (Lipinski definition) is 3. The first-order valence-electron chi connectivity index (χ1n) is 10.6. The zero-order valence-electron chi connectivity index (χ0n) is 18.2. The van der Waals surface area contributed by atoms with Crippen molar-refractivity contribution < 1.29 is 18.8 Å². The van der Waals surface area contributed by atoms with Crippen LogP contribution in [-0.4, -0.2) is 29.8 Å². The molecule has 0 radical (unpaired) electrons. The molecular formula is C26H26FN3O3. The molecule has 2 atom stereocenters. The molecule has 3 amide bonds. The molecule has 7 heteroatoms. The molecule has 0 bridgehead atoms. The molecule has 0 aromatic heterocycles. The van der Waals surface area contributed by atoms with Crippen LogP contribution in [0.5, 0.6) is 0 Å². The van der Waals surface area contributed by atoms with Crippen LogP contribution in [0.3, 0.4) is 0 Å². The monoisotopic (exact) mass is 447 g/mol. The van der Waals surface area contributed by atoms with E-state index in [0.717, 1.165) is 11.1 Å². The van der Waals surface area contributed by atoms with Crippen LogP contribution in [-0.2, 0) is 20.8 Å². The van der Waals surface area contributed by atoms with Gasteiger partial charge in [-0.2, -0.15) is 0 Å². The summed E-state index contributed by atoms with van der Waals surface area (Å²) >= 11 is 0. The number of carbonyl (C=O) groups excluding carboxylic acids is 3. The van der Waals surface area contributed by atoms with E-state index in [4.69, 9.17) is 5.73 Å². The second-order valence-corrected chi connectivity index (χ2v) is 7.74. The standard InChI is InChI=1S/C26H26FN3O3/c1-17(31)29-22(16-20-14-8-9-15-21(20)27)26(33)30-24(25(28)32)23(18-10-4-2-5-11-18)19-12-6-3-7-13-19/h2-15,22-24H,16H2,1H3,(H2,28,32)(H,29,31)(H,30,33)/t22-,24+/m1/s1. The number of rotatable bonds is 9. The minimum Gasteiger partial charge on any atom is -0.368 e. The Kier molecular flexibility index (Phi) is 7.91. The van der Waals surface area contributed by atoms with Crippen molar-refractivity contribution in [3.63, 3.8) is 0 Å². The molecule has 0 unspecified atom stereocenters. The van der Waals surface area contributed by atoms with E-state index in [9.17, 15) is 18.8 Å². The molecule has 0 spiro atoms. The number of hydrogen-bond donors (Lipinski definition) is 3. The zero-order chi connectivity index (χ0) is 23.8. The largest absolute Gasteiger partial charge is 0.368 e. The number of amides is 3. The molecule has 4 N–H and O–H groups in total. The van der Waals surface area contributed by atoms with Crippen LogP contribution in [0.25, 0.3) is 0 Å². The first-order chi connectivity index (χ1) is 15.9. The van der Waals surface area contributed by atoms with Crippen molar-refractivity contribution in [1.82, 2.24) is 10.6 Å². The molecule has 0 heterocycles. The van der Waals surface area contributed by atoms with E-state index in [2.05, 4.69) is 10.6 Å². The second kappa shape index (κ2) is 11.0. The molecule has 3 aromatic rings. The summed E-state index contributed by atoms with van der Waals surface area (Å²) in [5.41, 5.74) is 7.59. The molecule has 170 valence electrons. The zero-order valence-corrected chi connectivity index (χ0v) is 18.2. The lowest BCUT2D eigenvalue weighted by Crippen LogP contribution is -2.55. The maximum absolute atomic E-state index is 14.2. The fourth-order valence-corrected chi connectivity index (χ4v) is 3.81. The Labute approximate surface area is 192 Å². The summed E-state index contributed by atoms with van der Waals surface area (Å²) in [6, 6.07) is 22.3. The lowest BCUT2D eigenvalue weighted by Gasteiger charge is -2.28. The SMILES string of the molecule is CC(=O)N[C@H](Cc1ccccc1F)C(=O)N[C@H](C(N)=O)C(c1ccccc1)c1ccccc1. The van der Waals surface area contributed by atoms with Crippen molar-refractivity contribution in [2.45, 2.75) is 31.3 Å². The first-order valence-corrected chi connectivity index (χ1v) is 10.6. The summed E-state index contributed by atoms with van der Waals surface area (Å²) in [6.45, 7) is 1.27. The normalized spacial score (nSPS) is 12.6. The fourth-order valence-electron chi connectivity index (χ4n) is 3.81. The Morgan fingerprint density at radius 1 is 0.818 bits per heavy atom. The summed E-state index contributed by atoms with van der Waals surface area (Å²) in [6.07, 6.45) is -0.0785. The summed E-state index contributed by atoms with van der Waals surface area (Å²) in [7, 11) is 0. The van der Waals surface area contributed by atoms with Crippen LogP contribution in [0.1, 0.15) is 29.5 Å². The molecule has 0 aliphatic heterocycles. The lowest BCUT2D eigenvalue weighted by molar-refractivity contribution is -0.131. The maximum atomic E-state index is 14.2. The fraction of sp³-hybridized carbons (Fsp3) is 0.192. The Balaban J connectivity index is 1.93. The Morgan fingerprint density at radius 2 is 1.33 bits per heavy atom. The highest BCUT2D eigenvalue weighted by atomic mass is 19.1. The molecule has 0 saturated heterocycles. The molecule has 0 aliphatic carbocycles. The van der Waals surface area contributed by atoms with Gasteiger partial charge in [-0.1, -0.05) is 78.9 Å². The van der Waals surface area contributed by atoms with Gasteiger partial charge in [-0.3, -0.25) is 14.4 Å². The van der Waals surface area contributed by atoms with Gasteiger partial charge in [0.2, 0.25) is 17.7 Å². The predicted molar refractivity (Wildman–Crippen MR) is 124 cm³/mol. The maximum Gasteiger partial charge on any atom is 0.243 e. The van der Waals surface area contributed by atoms with E-state index in [1.807, 2.05) is 60.7 Å². The van der Waals surface area contributed by atoms with Crippen LogP contribution < -0.4 is 16.4 Å². The highest BCUT2D eigenvalue weighted by Gasteiger charge is 2.33. The minimum atomic E-state index is -1.10. The number of halogens is 1. The summed E-state index contributed by atoms with van der Waals surface area (Å²) < 4.78 is 14.2. The van der Waals surface area contributed by atoms with E-state index >= 15 is 0 Å². The van der Waals surface area contributed by atoms with Gasteiger partial charge in [0, 0.05) is 19.3 Å². The molecule has 3 aromatic carbocycles. The summed E-state index contributed by atoms with van der Waals surface area (Å²) in [5.74, 6) is -2.86. The number of primary amides is 1. The molecule has 0 aliphatic rings. The van der Waals surface area contributed by atoms with Crippen molar-refractivity contribution >= 4 is 17.7 Å². The molecule has 0 fully saturated rings. The van der Waals surface area contributed by atoms with Crippen molar-refractivity contribution in [3.05, 3.63) is 107 Å². The highest BCUT2D eigenvalue weighted by molar-refractivity contribution is 5.92. The quantitative estimate of drug-likeness (QED) is 0.470. The van der Waals surface area contributed by atoms with Crippen LogP contribution in [0, 0.1) is 5.82 Å². The lowest BCUT2D eigenvalue weighted by atomic mass is 9.84. The summed E-state index contributed by atoms with van der Waals surface area (Å²) in [5, 5.41) is 5.26. The third kappa shape index (κ3) is 6.26. The smallest absolute Gasteiger partial charge is 0.243 e. The van der Waals surface area contributed by atoms with E-state index < -0.39 is 41.5 Å². The van der Waals surface area contributed by atoms with Gasteiger partial charge in [-0.25, -0.2) is 4.39 Å². The number of carbonyl (C=O) groups is 3. The second-order valence-electron chi connectivity index (χ2n) is 7.74. The van der Waals surface area contributed by atoms with Crippen molar-refractivity contribution in [2.75, 3.05) is 0 Å². The average molecular weight is 448 g/mol. The molecule has 33 heavy (non-hydrogen) atoms. The van der Waals surface area contributed by atoms with Crippen LogP contribution in [0.4, 0.5) is 4.39 Å². The number of nitrogens with two attached hydrogens (primary N) is 1. The van der Waals surface area contributed by atoms with Crippen molar-refractivity contribution in [2.24, 2.45) is 5.73 Å². The average Bonchev–Trinajstić information content (AvgIpc) is 2.80.